The summed E-state index contributed by atoms with van der Waals surface area (Å²) in [5.41, 5.74) is 1.79. The lowest BCUT2D eigenvalue weighted by Gasteiger charge is -2.46. The highest BCUT2D eigenvalue weighted by molar-refractivity contribution is 5.95. The summed E-state index contributed by atoms with van der Waals surface area (Å²) in [6.45, 7) is 6.89. The molecule has 3 heteroatoms. The van der Waals surface area contributed by atoms with Crippen molar-refractivity contribution in [3.63, 3.8) is 0 Å². The summed E-state index contributed by atoms with van der Waals surface area (Å²) >= 11 is 0. The first-order chi connectivity index (χ1) is 12.6. The Morgan fingerprint density at radius 2 is 1.54 bits per heavy atom. The minimum absolute atomic E-state index is 0.0293. The fourth-order valence-electron chi connectivity index (χ4n) is 2.98. The highest BCUT2D eigenvalue weighted by Crippen LogP contribution is 2.27. The molecule has 1 aliphatic heterocycles. The van der Waals surface area contributed by atoms with Crippen molar-refractivity contribution in [3.05, 3.63) is 71.3 Å². The molecule has 0 spiro atoms. The molecule has 136 valence electrons. The quantitative estimate of drug-likeness (QED) is 0.848. The molecule has 1 N–H and O–H groups in total. The van der Waals surface area contributed by atoms with Gasteiger partial charge in [0.1, 0.15) is 0 Å². The molecule has 1 amide bonds. The highest BCUT2D eigenvalue weighted by Gasteiger charge is 2.42. The third-order valence-corrected chi connectivity index (χ3v) is 4.23. The van der Waals surface area contributed by atoms with Gasteiger partial charge in [-0.1, -0.05) is 57.2 Å². The van der Waals surface area contributed by atoms with Crippen LogP contribution in [0.25, 0.3) is 0 Å². The molecule has 0 atom stereocenters. The molecule has 1 aliphatic rings. The van der Waals surface area contributed by atoms with Gasteiger partial charge in [0.05, 0.1) is 18.7 Å². The number of carbonyl (C=O) groups is 1. The number of likely N-dealkylation sites (tertiary alicyclic amines) is 1. The molecule has 1 heterocycles. The van der Waals surface area contributed by atoms with Gasteiger partial charge in [-0.3, -0.25) is 4.79 Å². The van der Waals surface area contributed by atoms with E-state index in [0.717, 1.165) is 24.0 Å². The van der Waals surface area contributed by atoms with Crippen molar-refractivity contribution >= 4 is 5.91 Å². The number of aliphatic hydroxyl groups is 1. The van der Waals surface area contributed by atoms with Gasteiger partial charge in [-0.2, -0.15) is 0 Å². The molecule has 2 aromatic carbocycles. The number of β-amino-alcohol motifs (C(OH)–C–C–N with tert-alkyl or cyclic N) is 1. The predicted molar refractivity (Wildman–Crippen MR) is 106 cm³/mol. The molecule has 3 rings (SSSR count). The van der Waals surface area contributed by atoms with E-state index in [1.54, 1.807) is 17.0 Å². The number of nitrogens with zero attached hydrogens (tertiary/aromatic N) is 1. The number of benzene rings is 2. The monoisotopic (exact) mass is 349 g/mol. The summed E-state index contributed by atoms with van der Waals surface area (Å²) in [5.74, 6) is 6.17. The molecule has 0 bridgehead atoms. The van der Waals surface area contributed by atoms with Gasteiger partial charge in [0.25, 0.3) is 5.91 Å². The van der Waals surface area contributed by atoms with E-state index in [9.17, 15) is 9.90 Å². The van der Waals surface area contributed by atoms with Crippen LogP contribution in [0.3, 0.4) is 0 Å². The molecular weight excluding hydrogens is 322 g/mol. The van der Waals surface area contributed by atoms with Crippen LogP contribution in [0.4, 0.5) is 0 Å². The van der Waals surface area contributed by atoms with E-state index in [-0.39, 0.29) is 5.91 Å². The van der Waals surface area contributed by atoms with Crippen LogP contribution in [0.2, 0.25) is 0 Å². The standard InChI is InChI=1S/C21H21NO2.C2H6/c1-2-14-21(24)15-22(16-21)20(23)19-12-10-18(11-13-19)9-8-17-6-4-3-5-7-17;1-2/h3-7,10-13,24H,2,14-16H2,1H3;1-2H3. The van der Waals surface area contributed by atoms with Crippen LogP contribution in [0.5, 0.6) is 0 Å². The smallest absolute Gasteiger partial charge is 0.254 e. The fraction of sp³-hybridized carbons (Fsp3) is 0.348. The molecule has 0 radical (unpaired) electrons. The van der Waals surface area contributed by atoms with Gasteiger partial charge in [-0.25, -0.2) is 0 Å². The summed E-state index contributed by atoms with van der Waals surface area (Å²) in [6, 6.07) is 17.1. The van der Waals surface area contributed by atoms with Gasteiger partial charge in [-0.15, -0.1) is 0 Å². The van der Waals surface area contributed by atoms with Gasteiger partial charge in [-0.05, 0) is 42.8 Å². The maximum Gasteiger partial charge on any atom is 0.254 e. The second-order valence-corrected chi connectivity index (χ2v) is 6.33. The fourth-order valence-corrected chi connectivity index (χ4v) is 2.98. The number of hydrogen-bond acceptors (Lipinski definition) is 2. The van der Waals surface area contributed by atoms with E-state index in [0.29, 0.717) is 18.7 Å². The Morgan fingerprint density at radius 3 is 2.08 bits per heavy atom. The minimum Gasteiger partial charge on any atom is -0.386 e. The zero-order chi connectivity index (χ0) is 19.0. The topological polar surface area (TPSA) is 40.5 Å². The van der Waals surface area contributed by atoms with Crippen molar-refractivity contribution in [2.75, 3.05) is 13.1 Å². The van der Waals surface area contributed by atoms with Crippen molar-refractivity contribution in [3.8, 4) is 11.8 Å². The van der Waals surface area contributed by atoms with Crippen LogP contribution < -0.4 is 0 Å². The molecule has 3 nitrogen and oxygen atoms in total. The summed E-state index contributed by atoms with van der Waals surface area (Å²) in [5, 5.41) is 10.2. The van der Waals surface area contributed by atoms with Crippen LogP contribution in [-0.4, -0.2) is 34.6 Å². The van der Waals surface area contributed by atoms with Crippen molar-refractivity contribution in [1.29, 1.82) is 0 Å². The predicted octanol–water partition coefficient (Wildman–Crippen LogP) is 4.10. The first-order valence-electron chi connectivity index (χ1n) is 9.28. The summed E-state index contributed by atoms with van der Waals surface area (Å²) in [7, 11) is 0. The van der Waals surface area contributed by atoms with Crippen molar-refractivity contribution in [2.45, 2.75) is 39.2 Å². The minimum atomic E-state index is -0.689. The Bertz CT molecular complexity index is 763. The third kappa shape index (κ3) is 4.97. The molecule has 0 aromatic heterocycles. The Morgan fingerprint density at radius 1 is 1.00 bits per heavy atom. The Labute approximate surface area is 156 Å². The molecule has 0 aliphatic carbocycles. The summed E-state index contributed by atoms with van der Waals surface area (Å²) < 4.78 is 0. The molecule has 2 aromatic rings. The molecule has 1 saturated heterocycles. The zero-order valence-electron chi connectivity index (χ0n) is 15.8. The van der Waals surface area contributed by atoms with E-state index in [1.807, 2.05) is 63.2 Å². The molecule has 0 saturated carbocycles. The average molecular weight is 349 g/mol. The van der Waals surface area contributed by atoms with Crippen LogP contribution in [0, 0.1) is 11.8 Å². The van der Waals surface area contributed by atoms with E-state index in [4.69, 9.17) is 0 Å². The lowest BCUT2D eigenvalue weighted by Crippen LogP contribution is -2.63. The van der Waals surface area contributed by atoms with Gasteiger partial charge in [0.2, 0.25) is 0 Å². The number of amides is 1. The summed E-state index contributed by atoms with van der Waals surface area (Å²) in [6.07, 6.45) is 1.66. The molecular formula is C23H27NO2. The Kier molecular flexibility index (Phi) is 7.00. The van der Waals surface area contributed by atoms with E-state index in [2.05, 4.69) is 11.8 Å². The van der Waals surface area contributed by atoms with Gasteiger partial charge >= 0.3 is 0 Å². The first kappa shape index (κ1) is 19.8. The first-order valence-corrected chi connectivity index (χ1v) is 9.28. The normalized spacial score (nSPS) is 14.2. The Hall–Kier alpha value is -2.57. The number of hydrogen-bond donors (Lipinski definition) is 1. The molecule has 1 fully saturated rings. The maximum atomic E-state index is 12.4. The average Bonchev–Trinajstić information content (AvgIpc) is 2.67. The molecule has 26 heavy (non-hydrogen) atoms. The SMILES string of the molecule is CC.CCCC1(O)CN(C(=O)c2ccc(C#Cc3ccccc3)cc2)C1. The third-order valence-electron chi connectivity index (χ3n) is 4.23. The second-order valence-electron chi connectivity index (χ2n) is 6.33. The largest absolute Gasteiger partial charge is 0.386 e. The summed E-state index contributed by atoms with van der Waals surface area (Å²) in [4.78, 5) is 14.1. The van der Waals surface area contributed by atoms with E-state index in [1.165, 1.54) is 0 Å². The van der Waals surface area contributed by atoms with Gasteiger partial charge < -0.3 is 10.0 Å². The van der Waals surface area contributed by atoms with Crippen molar-refractivity contribution in [1.82, 2.24) is 4.90 Å². The van der Waals surface area contributed by atoms with Crippen LogP contribution >= 0.6 is 0 Å². The Balaban J connectivity index is 0.00000117. The van der Waals surface area contributed by atoms with Crippen molar-refractivity contribution < 1.29 is 9.90 Å². The second kappa shape index (κ2) is 9.22. The highest BCUT2D eigenvalue weighted by atomic mass is 16.3. The van der Waals surface area contributed by atoms with Crippen LogP contribution in [-0.2, 0) is 0 Å². The lowest BCUT2D eigenvalue weighted by molar-refractivity contribution is -0.0860. The van der Waals surface area contributed by atoms with Crippen LogP contribution in [0.1, 0.15) is 55.1 Å². The van der Waals surface area contributed by atoms with E-state index >= 15 is 0 Å². The lowest BCUT2D eigenvalue weighted by atomic mass is 9.88. The maximum absolute atomic E-state index is 12.4. The number of carbonyl (C=O) groups excluding carboxylic acids is 1. The van der Waals surface area contributed by atoms with Crippen molar-refractivity contribution in [2.24, 2.45) is 0 Å². The number of rotatable bonds is 3. The van der Waals surface area contributed by atoms with Crippen LogP contribution in [0.15, 0.2) is 54.6 Å². The zero-order valence-corrected chi connectivity index (χ0v) is 15.8. The van der Waals surface area contributed by atoms with E-state index < -0.39 is 5.60 Å². The van der Waals surface area contributed by atoms with Gasteiger partial charge in [0.15, 0.2) is 0 Å². The van der Waals surface area contributed by atoms with Gasteiger partial charge in [0, 0.05) is 16.7 Å². The molecule has 0 unspecified atom stereocenters.